The summed E-state index contributed by atoms with van der Waals surface area (Å²) in [6, 6.07) is 1.62. The average Bonchev–Trinajstić information content (AvgIpc) is 2.71. The highest BCUT2D eigenvalue weighted by molar-refractivity contribution is 7.92. The third-order valence-corrected chi connectivity index (χ3v) is 6.77. The smallest absolute Gasteiger partial charge is 0.305 e. The third kappa shape index (κ3) is 3.76. The predicted molar refractivity (Wildman–Crippen MR) is 87.6 cm³/mol. The van der Waals surface area contributed by atoms with Gasteiger partial charge in [0.15, 0.2) is 14.8 Å². The summed E-state index contributed by atoms with van der Waals surface area (Å²) < 4.78 is 23.4. The van der Waals surface area contributed by atoms with Gasteiger partial charge in [0.05, 0.1) is 4.92 Å². The Bertz CT molecular complexity index is 654. The molecular weight excluding hydrogens is 326 g/mol. The molecule has 0 spiro atoms. The monoisotopic (exact) mass is 347 g/mol. The van der Waals surface area contributed by atoms with Crippen molar-refractivity contribution in [3.05, 3.63) is 16.2 Å². The molecule has 1 aromatic rings. The van der Waals surface area contributed by atoms with Gasteiger partial charge < -0.3 is 4.90 Å². The van der Waals surface area contributed by atoms with E-state index in [0.29, 0.717) is 24.1 Å². The molecular formula is C13H21N3O4S2. The van der Waals surface area contributed by atoms with Crippen LogP contribution in [0.15, 0.2) is 10.3 Å². The minimum Gasteiger partial charge on any atom is -0.356 e. The van der Waals surface area contributed by atoms with Crippen molar-refractivity contribution in [1.29, 1.82) is 0 Å². The maximum Gasteiger partial charge on any atom is 0.305 e. The first-order chi connectivity index (χ1) is 10.2. The molecule has 0 unspecified atom stereocenters. The van der Waals surface area contributed by atoms with E-state index >= 15 is 0 Å². The lowest BCUT2D eigenvalue weighted by Gasteiger charge is -2.24. The standard InChI is InChI=1S/C13H21N3O4S2/c1-10(2)14-5-4-6-15(8-7-14)13-11(16(17)18)9-12(21-13)22(3,19)20/h9-10H,4-8H2,1-3H3. The number of anilines is 1. The second-order valence-electron chi connectivity index (χ2n) is 5.76. The summed E-state index contributed by atoms with van der Waals surface area (Å²) in [5, 5.41) is 11.7. The van der Waals surface area contributed by atoms with Crippen LogP contribution < -0.4 is 4.90 Å². The molecule has 2 heterocycles. The molecule has 0 aromatic carbocycles. The van der Waals surface area contributed by atoms with Crippen LogP contribution in [0.2, 0.25) is 0 Å². The van der Waals surface area contributed by atoms with Crippen LogP contribution in [0.4, 0.5) is 10.7 Å². The zero-order valence-corrected chi connectivity index (χ0v) is 14.6. The van der Waals surface area contributed by atoms with Gasteiger partial charge in [-0.15, -0.1) is 0 Å². The van der Waals surface area contributed by atoms with E-state index in [-0.39, 0.29) is 9.90 Å². The normalized spacial score (nSPS) is 17.7. The van der Waals surface area contributed by atoms with Crippen LogP contribution in [0.5, 0.6) is 0 Å². The Kier molecular flexibility index (Phi) is 5.08. The Morgan fingerprint density at radius 1 is 1.27 bits per heavy atom. The number of nitrogens with zero attached hydrogens (tertiary/aromatic N) is 3. The second kappa shape index (κ2) is 6.51. The first-order valence-electron chi connectivity index (χ1n) is 7.17. The van der Waals surface area contributed by atoms with Crippen molar-refractivity contribution < 1.29 is 13.3 Å². The SMILES string of the molecule is CC(C)N1CCCN(c2sc(S(C)(=O)=O)cc2[N+](=O)[O-])CC1. The van der Waals surface area contributed by atoms with Gasteiger partial charge in [-0.1, -0.05) is 11.3 Å². The summed E-state index contributed by atoms with van der Waals surface area (Å²) in [5.41, 5.74) is -0.108. The van der Waals surface area contributed by atoms with Gasteiger partial charge in [-0.25, -0.2) is 8.42 Å². The molecule has 1 saturated heterocycles. The van der Waals surface area contributed by atoms with E-state index in [1.54, 1.807) is 0 Å². The molecule has 0 radical (unpaired) electrons. The summed E-state index contributed by atoms with van der Waals surface area (Å²) >= 11 is 0.998. The maximum atomic E-state index is 11.7. The number of sulfone groups is 1. The van der Waals surface area contributed by atoms with Crippen molar-refractivity contribution in [1.82, 2.24) is 4.90 Å². The van der Waals surface area contributed by atoms with Crippen LogP contribution in [0, 0.1) is 10.1 Å². The Morgan fingerprint density at radius 2 is 1.95 bits per heavy atom. The van der Waals surface area contributed by atoms with Crippen molar-refractivity contribution in [3.8, 4) is 0 Å². The van der Waals surface area contributed by atoms with Crippen LogP contribution in [-0.2, 0) is 9.84 Å². The zero-order chi connectivity index (χ0) is 16.5. The van der Waals surface area contributed by atoms with E-state index in [2.05, 4.69) is 18.7 Å². The first kappa shape index (κ1) is 17.2. The van der Waals surface area contributed by atoms with Gasteiger partial charge >= 0.3 is 5.69 Å². The lowest BCUT2D eigenvalue weighted by Crippen LogP contribution is -2.35. The van der Waals surface area contributed by atoms with Crippen molar-refractivity contribution in [2.24, 2.45) is 0 Å². The summed E-state index contributed by atoms with van der Waals surface area (Å²) in [5.74, 6) is 0. The molecule has 1 fully saturated rings. The van der Waals surface area contributed by atoms with Crippen molar-refractivity contribution in [2.75, 3.05) is 37.3 Å². The second-order valence-corrected chi connectivity index (χ2v) is 9.03. The Balaban J connectivity index is 2.31. The maximum absolute atomic E-state index is 11.7. The Hall–Kier alpha value is -1.19. The topological polar surface area (TPSA) is 83.8 Å². The van der Waals surface area contributed by atoms with Gasteiger partial charge in [0.25, 0.3) is 0 Å². The molecule has 1 aliphatic heterocycles. The third-order valence-electron chi connectivity index (χ3n) is 3.78. The van der Waals surface area contributed by atoms with Crippen LogP contribution in [0.25, 0.3) is 0 Å². The fraction of sp³-hybridized carbons (Fsp3) is 0.692. The molecule has 1 aliphatic rings. The highest BCUT2D eigenvalue weighted by Gasteiger charge is 2.28. The molecule has 2 rings (SSSR count). The summed E-state index contributed by atoms with van der Waals surface area (Å²) in [7, 11) is -3.43. The van der Waals surface area contributed by atoms with Crippen LogP contribution >= 0.6 is 11.3 Å². The number of rotatable bonds is 4. The molecule has 22 heavy (non-hydrogen) atoms. The largest absolute Gasteiger partial charge is 0.356 e. The van der Waals surface area contributed by atoms with Gasteiger partial charge in [-0.3, -0.25) is 15.0 Å². The molecule has 0 aliphatic carbocycles. The number of thiophene rings is 1. The number of hydrogen-bond donors (Lipinski definition) is 0. The van der Waals surface area contributed by atoms with Crippen molar-refractivity contribution >= 4 is 31.9 Å². The van der Waals surface area contributed by atoms with E-state index in [9.17, 15) is 18.5 Å². The average molecular weight is 347 g/mol. The fourth-order valence-corrected chi connectivity index (χ4v) is 4.63. The van der Waals surface area contributed by atoms with Gasteiger partial charge in [0.1, 0.15) is 4.21 Å². The van der Waals surface area contributed by atoms with Crippen molar-refractivity contribution in [2.45, 2.75) is 30.5 Å². The first-order valence-corrected chi connectivity index (χ1v) is 9.88. The molecule has 0 atom stereocenters. The van der Waals surface area contributed by atoms with Gasteiger partial charge in [-0.2, -0.15) is 0 Å². The quantitative estimate of drug-likeness (QED) is 0.612. The summed E-state index contributed by atoms with van der Waals surface area (Å²) in [6.07, 6.45) is 1.98. The number of nitro groups is 1. The van der Waals surface area contributed by atoms with E-state index in [1.165, 1.54) is 6.07 Å². The van der Waals surface area contributed by atoms with Crippen molar-refractivity contribution in [3.63, 3.8) is 0 Å². The highest BCUT2D eigenvalue weighted by Crippen LogP contribution is 2.40. The molecule has 0 N–H and O–H groups in total. The highest BCUT2D eigenvalue weighted by atomic mass is 32.2. The molecule has 7 nitrogen and oxygen atoms in total. The van der Waals surface area contributed by atoms with Gasteiger partial charge in [0, 0.05) is 44.5 Å². The predicted octanol–water partition coefficient (Wildman–Crippen LogP) is 1.98. The Labute approximate surface area is 134 Å². The van der Waals surface area contributed by atoms with Crippen LogP contribution in [0.3, 0.4) is 0 Å². The lowest BCUT2D eigenvalue weighted by molar-refractivity contribution is -0.383. The van der Waals surface area contributed by atoms with E-state index < -0.39 is 14.8 Å². The summed E-state index contributed by atoms with van der Waals surface area (Å²) in [6.45, 7) is 7.40. The lowest BCUT2D eigenvalue weighted by atomic mass is 10.3. The minimum absolute atomic E-state index is 0.0548. The zero-order valence-electron chi connectivity index (χ0n) is 13.0. The fourth-order valence-electron chi connectivity index (χ4n) is 2.55. The Morgan fingerprint density at radius 3 is 2.50 bits per heavy atom. The molecule has 1 aromatic heterocycles. The van der Waals surface area contributed by atoms with Crippen LogP contribution in [0.1, 0.15) is 20.3 Å². The molecule has 9 heteroatoms. The molecule has 0 bridgehead atoms. The number of hydrogen-bond acceptors (Lipinski definition) is 7. The van der Waals surface area contributed by atoms with E-state index in [1.807, 2.05) is 4.90 Å². The molecule has 0 amide bonds. The van der Waals surface area contributed by atoms with Crippen LogP contribution in [-0.4, -0.2) is 56.7 Å². The molecule has 0 saturated carbocycles. The van der Waals surface area contributed by atoms with E-state index in [0.717, 1.165) is 37.1 Å². The van der Waals surface area contributed by atoms with Gasteiger partial charge in [0.2, 0.25) is 0 Å². The summed E-state index contributed by atoms with van der Waals surface area (Å²) in [4.78, 5) is 15.0. The minimum atomic E-state index is -3.43. The van der Waals surface area contributed by atoms with E-state index in [4.69, 9.17) is 0 Å². The van der Waals surface area contributed by atoms with Gasteiger partial charge in [-0.05, 0) is 20.3 Å². The molecule has 124 valence electrons.